The summed E-state index contributed by atoms with van der Waals surface area (Å²) in [6, 6.07) is 13.0. The molecule has 2 aromatic rings. The smallest absolute Gasteiger partial charge is 0.286 e. The molecule has 0 aromatic heterocycles. The highest BCUT2D eigenvalue weighted by Gasteiger charge is 2.32. The quantitative estimate of drug-likeness (QED) is 0.366. The first-order valence-corrected chi connectivity index (χ1v) is 9.83. The van der Waals surface area contributed by atoms with Crippen LogP contribution in [0.5, 0.6) is 11.5 Å². The molecule has 1 fully saturated rings. The lowest BCUT2D eigenvalue weighted by molar-refractivity contribution is -0.122. The molecule has 1 aliphatic rings. The maximum atomic E-state index is 12.6. The number of hydrogen-bond acceptors (Lipinski definition) is 6. The van der Waals surface area contributed by atoms with Crippen LogP contribution in [-0.2, 0) is 4.79 Å². The van der Waals surface area contributed by atoms with Gasteiger partial charge in [0, 0.05) is 0 Å². The third kappa shape index (κ3) is 4.58. The van der Waals surface area contributed by atoms with Crippen molar-refractivity contribution in [2.75, 3.05) is 14.2 Å². The Morgan fingerprint density at radius 3 is 2.44 bits per heavy atom. The minimum Gasteiger partial charge on any atom is -0.497 e. The van der Waals surface area contributed by atoms with E-state index in [1.54, 1.807) is 26.5 Å². The highest BCUT2D eigenvalue weighted by Crippen LogP contribution is 2.33. The minimum atomic E-state index is -0.246. The molecule has 0 bridgehead atoms. The number of amides is 1. The van der Waals surface area contributed by atoms with Gasteiger partial charge in [0.1, 0.15) is 11.5 Å². The number of nitrogens with zero attached hydrogens (tertiary/aromatic N) is 2. The molecule has 138 valence electrons. The molecule has 0 N–H and O–H groups in total. The maximum Gasteiger partial charge on any atom is 0.286 e. The largest absolute Gasteiger partial charge is 0.497 e. The van der Waals surface area contributed by atoms with Crippen molar-refractivity contribution < 1.29 is 14.3 Å². The van der Waals surface area contributed by atoms with Gasteiger partial charge in [-0.15, -0.1) is 0 Å². The van der Waals surface area contributed by atoms with Gasteiger partial charge in [0.15, 0.2) is 4.32 Å². The predicted octanol–water partition coefficient (Wildman–Crippen LogP) is 4.70. The molecular formula is C19H15BrN2O3S2. The first-order chi connectivity index (χ1) is 13.0. The van der Waals surface area contributed by atoms with E-state index >= 15 is 0 Å². The zero-order valence-electron chi connectivity index (χ0n) is 14.5. The Bertz CT molecular complexity index is 942. The van der Waals surface area contributed by atoms with Crippen molar-refractivity contribution in [1.82, 2.24) is 5.01 Å². The van der Waals surface area contributed by atoms with Crippen molar-refractivity contribution in [2.45, 2.75) is 0 Å². The second kappa shape index (κ2) is 8.69. The summed E-state index contributed by atoms with van der Waals surface area (Å²) in [5.41, 5.74) is 1.70. The third-order valence-electron chi connectivity index (χ3n) is 3.69. The monoisotopic (exact) mass is 462 g/mol. The highest BCUT2D eigenvalue weighted by atomic mass is 79.9. The molecule has 27 heavy (non-hydrogen) atoms. The summed E-state index contributed by atoms with van der Waals surface area (Å²) < 4.78 is 11.5. The van der Waals surface area contributed by atoms with Crippen molar-refractivity contribution in [1.29, 1.82) is 0 Å². The number of hydrogen-bond donors (Lipinski definition) is 0. The molecule has 5 nitrogen and oxygen atoms in total. The van der Waals surface area contributed by atoms with Gasteiger partial charge >= 0.3 is 0 Å². The number of carbonyl (C=O) groups is 1. The Labute approximate surface area is 175 Å². The molecule has 8 heteroatoms. The van der Waals surface area contributed by atoms with Crippen LogP contribution in [0.2, 0.25) is 0 Å². The molecule has 2 aromatic carbocycles. The van der Waals surface area contributed by atoms with Crippen LogP contribution >= 0.6 is 39.9 Å². The molecule has 1 amide bonds. The predicted molar refractivity (Wildman–Crippen MR) is 116 cm³/mol. The fourth-order valence-corrected chi connectivity index (χ4v) is 4.03. The van der Waals surface area contributed by atoms with Gasteiger partial charge in [-0.05, 0) is 75.7 Å². The van der Waals surface area contributed by atoms with E-state index in [1.165, 1.54) is 16.8 Å². The van der Waals surface area contributed by atoms with Gasteiger partial charge in [-0.25, -0.2) is 0 Å². The van der Waals surface area contributed by atoms with Gasteiger partial charge in [0.25, 0.3) is 5.91 Å². The van der Waals surface area contributed by atoms with Crippen LogP contribution in [-0.4, -0.2) is 35.7 Å². The minimum absolute atomic E-state index is 0.246. The van der Waals surface area contributed by atoms with Gasteiger partial charge in [-0.3, -0.25) is 4.79 Å². The third-order valence-corrected chi connectivity index (χ3v) is 5.59. The van der Waals surface area contributed by atoms with Crippen molar-refractivity contribution >= 4 is 62.4 Å². The van der Waals surface area contributed by atoms with Crippen molar-refractivity contribution in [3.8, 4) is 11.5 Å². The molecule has 1 aliphatic heterocycles. The number of rotatable bonds is 5. The number of thiocarbonyl (C=S) groups is 1. The Morgan fingerprint density at radius 2 is 1.81 bits per heavy atom. The van der Waals surface area contributed by atoms with Crippen molar-refractivity contribution in [2.24, 2.45) is 5.10 Å². The lowest BCUT2D eigenvalue weighted by Crippen LogP contribution is -2.22. The van der Waals surface area contributed by atoms with E-state index in [2.05, 4.69) is 21.0 Å². The van der Waals surface area contributed by atoms with Gasteiger partial charge in [0.2, 0.25) is 0 Å². The molecule has 0 saturated carbocycles. The van der Waals surface area contributed by atoms with Crippen LogP contribution in [0.4, 0.5) is 0 Å². The number of hydrazone groups is 1. The van der Waals surface area contributed by atoms with E-state index in [4.69, 9.17) is 21.7 Å². The molecule has 0 atom stereocenters. The van der Waals surface area contributed by atoms with Crippen LogP contribution in [0, 0.1) is 0 Å². The van der Waals surface area contributed by atoms with Gasteiger partial charge in [-0.2, -0.15) is 10.1 Å². The molecule has 1 heterocycles. The summed E-state index contributed by atoms with van der Waals surface area (Å²) in [7, 11) is 3.21. The number of halogens is 1. The summed E-state index contributed by atoms with van der Waals surface area (Å²) in [5.74, 6) is 1.24. The Morgan fingerprint density at radius 1 is 1.11 bits per heavy atom. The van der Waals surface area contributed by atoms with E-state index < -0.39 is 0 Å². The summed E-state index contributed by atoms with van der Waals surface area (Å²) in [5, 5.41) is 5.48. The van der Waals surface area contributed by atoms with E-state index in [9.17, 15) is 4.79 Å². The number of carbonyl (C=O) groups excluding carboxylic acids is 1. The Kier molecular flexibility index (Phi) is 6.30. The number of methoxy groups -OCH3 is 2. The molecular weight excluding hydrogens is 448 g/mol. The normalized spacial score (nSPS) is 15.8. The second-order valence-corrected chi connectivity index (χ2v) is 7.94. The second-order valence-electron chi connectivity index (χ2n) is 5.41. The number of thioether (sulfide) groups is 1. The zero-order valence-corrected chi connectivity index (χ0v) is 17.7. The van der Waals surface area contributed by atoms with Crippen LogP contribution in [0.1, 0.15) is 11.1 Å². The topological polar surface area (TPSA) is 51.1 Å². The van der Waals surface area contributed by atoms with Gasteiger partial charge < -0.3 is 9.47 Å². The molecule has 1 saturated heterocycles. The summed E-state index contributed by atoms with van der Waals surface area (Å²) in [6.07, 6.45) is 3.38. The summed E-state index contributed by atoms with van der Waals surface area (Å²) in [4.78, 5) is 13.1. The fourth-order valence-electron chi connectivity index (χ4n) is 2.30. The van der Waals surface area contributed by atoms with E-state index in [0.29, 0.717) is 9.23 Å². The van der Waals surface area contributed by atoms with Gasteiger partial charge in [-0.1, -0.05) is 23.9 Å². The first kappa shape index (κ1) is 19.6. The van der Waals surface area contributed by atoms with E-state index in [1.807, 2.05) is 42.5 Å². The SMILES string of the molecule is COc1ccc(/C=C2\SC(=S)N(/N=C/c3ccc(OC)c(Br)c3)C2=O)cc1. The zero-order chi connectivity index (χ0) is 19.4. The Balaban J connectivity index is 1.77. The Hall–Kier alpha value is -2.16. The highest BCUT2D eigenvalue weighted by molar-refractivity contribution is 9.10. The maximum absolute atomic E-state index is 12.6. The van der Waals surface area contributed by atoms with Crippen molar-refractivity contribution in [3.05, 3.63) is 63.0 Å². The molecule has 0 unspecified atom stereocenters. The van der Waals surface area contributed by atoms with Gasteiger partial charge in [0.05, 0.1) is 29.8 Å². The number of ether oxygens (including phenoxy) is 2. The molecule has 0 spiro atoms. The fraction of sp³-hybridized carbons (Fsp3) is 0.105. The standard InChI is InChI=1S/C19H15BrN2O3S2/c1-24-14-6-3-12(4-7-14)10-17-18(23)22(19(26)27-17)21-11-13-5-8-16(25-2)15(20)9-13/h3-11H,1-2H3/b17-10-,21-11+. The molecule has 3 rings (SSSR count). The first-order valence-electron chi connectivity index (χ1n) is 7.81. The molecule has 0 aliphatic carbocycles. The van der Waals surface area contributed by atoms with E-state index in [-0.39, 0.29) is 5.91 Å². The van der Waals surface area contributed by atoms with Crippen LogP contribution in [0.25, 0.3) is 6.08 Å². The summed E-state index contributed by atoms with van der Waals surface area (Å²) in [6.45, 7) is 0. The van der Waals surface area contributed by atoms with Crippen LogP contribution in [0.3, 0.4) is 0 Å². The van der Waals surface area contributed by atoms with Crippen LogP contribution < -0.4 is 9.47 Å². The average Bonchev–Trinajstić information content (AvgIpc) is 2.94. The van der Waals surface area contributed by atoms with Crippen LogP contribution in [0.15, 0.2) is 56.9 Å². The van der Waals surface area contributed by atoms with Crippen molar-refractivity contribution in [3.63, 3.8) is 0 Å². The molecule has 0 radical (unpaired) electrons. The number of benzene rings is 2. The lowest BCUT2D eigenvalue weighted by Gasteiger charge is -2.07. The summed E-state index contributed by atoms with van der Waals surface area (Å²) >= 11 is 9.95. The lowest BCUT2D eigenvalue weighted by atomic mass is 10.2. The average molecular weight is 463 g/mol. The van der Waals surface area contributed by atoms with E-state index in [0.717, 1.165) is 27.1 Å².